The van der Waals surface area contributed by atoms with Crippen molar-refractivity contribution in [1.29, 1.82) is 0 Å². The first kappa shape index (κ1) is 9.45. The third-order valence-corrected chi connectivity index (χ3v) is 2.84. The first-order valence-electron chi connectivity index (χ1n) is 5.19. The van der Waals surface area contributed by atoms with E-state index >= 15 is 0 Å². The summed E-state index contributed by atoms with van der Waals surface area (Å²) in [6, 6.07) is 0.350. The summed E-state index contributed by atoms with van der Waals surface area (Å²) in [7, 11) is 0. The van der Waals surface area contributed by atoms with Gasteiger partial charge in [0, 0.05) is 12.5 Å². The quantitative estimate of drug-likeness (QED) is 0.724. The van der Waals surface area contributed by atoms with E-state index < -0.39 is 0 Å². The first-order chi connectivity index (χ1) is 6.83. The summed E-state index contributed by atoms with van der Waals surface area (Å²) in [6.45, 7) is 0.539. The lowest BCUT2D eigenvalue weighted by Gasteiger charge is -2.11. The minimum Gasteiger partial charge on any atom is -0.330 e. The number of nitrogens with one attached hydrogen (secondary N) is 1. The molecule has 0 unspecified atom stereocenters. The minimum atomic E-state index is -0.0830. The van der Waals surface area contributed by atoms with Gasteiger partial charge in [0.1, 0.15) is 5.82 Å². The smallest absolute Gasteiger partial charge is 0.330 e. The monoisotopic (exact) mass is 196 g/mol. The molecule has 5 heteroatoms. The maximum Gasteiger partial charge on any atom is 0.343 e. The second-order valence-electron chi connectivity index (χ2n) is 3.79. The molecule has 1 aromatic heterocycles. The molecule has 1 aliphatic rings. The van der Waals surface area contributed by atoms with Gasteiger partial charge in [-0.3, -0.25) is 4.57 Å². The molecule has 5 nitrogen and oxygen atoms in total. The second-order valence-corrected chi connectivity index (χ2v) is 3.79. The highest BCUT2D eigenvalue weighted by atomic mass is 16.1. The number of rotatable bonds is 3. The number of H-pyrrole nitrogens is 1. The van der Waals surface area contributed by atoms with Crippen LogP contribution in [0, 0.1) is 0 Å². The largest absolute Gasteiger partial charge is 0.343 e. The number of hydrogen-bond donors (Lipinski definition) is 2. The molecule has 0 aliphatic heterocycles. The van der Waals surface area contributed by atoms with Crippen LogP contribution in [0.1, 0.15) is 37.5 Å². The fraction of sp³-hybridized carbons (Fsp3) is 0.778. The zero-order valence-electron chi connectivity index (χ0n) is 8.20. The van der Waals surface area contributed by atoms with E-state index in [0.717, 1.165) is 18.7 Å². The van der Waals surface area contributed by atoms with E-state index in [9.17, 15) is 4.79 Å². The van der Waals surface area contributed by atoms with Crippen molar-refractivity contribution in [3.05, 3.63) is 16.3 Å². The molecule has 0 atom stereocenters. The standard InChI is InChI=1S/C9H16N4O/c10-6-5-8-11-12-9(14)13(8)7-3-1-2-4-7/h7H,1-6,10H2,(H,12,14). The Morgan fingerprint density at radius 1 is 1.50 bits per heavy atom. The molecular weight excluding hydrogens is 180 g/mol. The highest BCUT2D eigenvalue weighted by molar-refractivity contribution is 4.92. The van der Waals surface area contributed by atoms with Crippen LogP contribution in [0.15, 0.2) is 4.79 Å². The van der Waals surface area contributed by atoms with Gasteiger partial charge in [-0.2, -0.15) is 5.10 Å². The zero-order chi connectivity index (χ0) is 9.97. The third kappa shape index (κ3) is 1.59. The van der Waals surface area contributed by atoms with Gasteiger partial charge in [-0.1, -0.05) is 12.8 Å². The SMILES string of the molecule is NCCc1n[nH]c(=O)n1C1CCCC1. The molecule has 2 rings (SSSR count). The first-order valence-corrected chi connectivity index (χ1v) is 5.19. The minimum absolute atomic E-state index is 0.0830. The van der Waals surface area contributed by atoms with Gasteiger partial charge in [0.25, 0.3) is 0 Å². The molecule has 0 bridgehead atoms. The predicted molar refractivity (Wildman–Crippen MR) is 53.1 cm³/mol. The van der Waals surface area contributed by atoms with Gasteiger partial charge < -0.3 is 5.73 Å². The molecule has 0 saturated heterocycles. The van der Waals surface area contributed by atoms with Crippen LogP contribution in [0.5, 0.6) is 0 Å². The van der Waals surface area contributed by atoms with Crippen LogP contribution in [0.3, 0.4) is 0 Å². The summed E-state index contributed by atoms with van der Waals surface area (Å²) >= 11 is 0. The van der Waals surface area contributed by atoms with E-state index in [1.165, 1.54) is 12.8 Å². The topological polar surface area (TPSA) is 76.7 Å². The molecule has 1 heterocycles. The average molecular weight is 196 g/mol. The average Bonchev–Trinajstić information content (AvgIpc) is 2.76. The molecule has 78 valence electrons. The van der Waals surface area contributed by atoms with Gasteiger partial charge in [0.15, 0.2) is 0 Å². The Labute approximate surface area is 82.3 Å². The molecule has 3 N–H and O–H groups in total. The van der Waals surface area contributed by atoms with Crippen LogP contribution in [0.25, 0.3) is 0 Å². The highest BCUT2D eigenvalue weighted by Crippen LogP contribution is 2.28. The van der Waals surface area contributed by atoms with Crippen LogP contribution in [-0.4, -0.2) is 21.3 Å². The van der Waals surface area contributed by atoms with Crippen LogP contribution in [-0.2, 0) is 6.42 Å². The fourth-order valence-electron chi connectivity index (χ4n) is 2.18. The Morgan fingerprint density at radius 2 is 2.21 bits per heavy atom. The van der Waals surface area contributed by atoms with Crippen molar-refractivity contribution in [3.8, 4) is 0 Å². The van der Waals surface area contributed by atoms with Crippen molar-refractivity contribution in [2.45, 2.75) is 38.1 Å². The lowest BCUT2D eigenvalue weighted by atomic mass is 10.2. The molecule has 1 aromatic rings. The van der Waals surface area contributed by atoms with Crippen LogP contribution < -0.4 is 11.4 Å². The van der Waals surface area contributed by atoms with E-state index in [2.05, 4.69) is 10.2 Å². The molecule has 1 aliphatic carbocycles. The van der Waals surface area contributed by atoms with E-state index in [0.29, 0.717) is 19.0 Å². The Morgan fingerprint density at radius 3 is 2.86 bits per heavy atom. The second kappa shape index (κ2) is 3.96. The van der Waals surface area contributed by atoms with Gasteiger partial charge in [-0.05, 0) is 19.4 Å². The summed E-state index contributed by atoms with van der Waals surface area (Å²) in [4.78, 5) is 11.5. The van der Waals surface area contributed by atoms with Gasteiger partial charge in [-0.15, -0.1) is 0 Å². The van der Waals surface area contributed by atoms with Crippen molar-refractivity contribution < 1.29 is 0 Å². The summed E-state index contributed by atoms with van der Waals surface area (Å²) in [5.74, 6) is 0.810. The Kier molecular flexibility index (Phi) is 2.67. The van der Waals surface area contributed by atoms with E-state index in [-0.39, 0.29) is 5.69 Å². The highest BCUT2D eigenvalue weighted by Gasteiger charge is 2.21. The molecule has 0 radical (unpaired) electrons. The van der Waals surface area contributed by atoms with E-state index in [1.807, 2.05) is 0 Å². The number of aromatic amines is 1. The van der Waals surface area contributed by atoms with Gasteiger partial charge >= 0.3 is 5.69 Å². The number of nitrogens with zero attached hydrogens (tertiary/aromatic N) is 2. The number of hydrogen-bond acceptors (Lipinski definition) is 3. The molecule has 1 saturated carbocycles. The predicted octanol–water partition coefficient (Wildman–Crippen LogP) is 0.188. The summed E-state index contributed by atoms with van der Waals surface area (Å²) in [5, 5.41) is 6.50. The molecule has 0 spiro atoms. The lowest BCUT2D eigenvalue weighted by Crippen LogP contribution is -2.23. The Hall–Kier alpha value is -1.10. The summed E-state index contributed by atoms with van der Waals surface area (Å²) < 4.78 is 1.79. The molecule has 0 amide bonds. The van der Waals surface area contributed by atoms with Crippen molar-refractivity contribution >= 4 is 0 Å². The summed E-state index contributed by atoms with van der Waals surface area (Å²) in [6.07, 6.45) is 5.29. The van der Waals surface area contributed by atoms with Crippen LogP contribution >= 0.6 is 0 Å². The molecule has 1 fully saturated rings. The normalized spacial score (nSPS) is 17.8. The molecule has 14 heavy (non-hydrogen) atoms. The van der Waals surface area contributed by atoms with Crippen LogP contribution in [0.2, 0.25) is 0 Å². The maximum atomic E-state index is 11.5. The fourth-order valence-corrected chi connectivity index (χ4v) is 2.18. The zero-order valence-corrected chi connectivity index (χ0v) is 8.20. The maximum absolute atomic E-state index is 11.5. The van der Waals surface area contributed by atoms with Gasteiger partial charge in [0.05, 0.1) is 0 Å². The third-order valence-electron chi connectivity index (χ3n) is 2.84. The number of aromatic nitrogens is 3. The molecule has 0 aromatic carbocycles. The van der Waals surface area contributed by atoms with E-state index in [4.69, 9.17) is 5.73 Å². The molecular formula is C9H16N4O. The van der Waals surface area contributed by atoms with Crippen molar-refractivity contribution in [2.75, 3.05) is 6.54 Å². The summed E-state index contributed by atoms with van der Waals surface area (Å²) in [5.41, 5.74) is 5.39. The van der Waals surface area contributed by atoms with Crippen molar-refractivity contribution in [3.63, 3.8) is 0 Å². The lowest BCUT2D eigenvalue weighted by molar-refractivity contribution is 0.484. The van der Waals surface area contributed by atoms with Crippen molar-refractivity contribution in [2.24, 2.45) is 5.73 Å². The number of nitrogens with two attached hydrogens (primary N) is 1. The Bertz CT molecular complexity index is 348. The van der Waals surface area contributed by atoms with E-state index in [1.54, 1.807) is 4.57 Å². The Balaban J connectivity index is 2.28. The van der Waals surface area contributed by atoms with Crippen molar-refractivity contribution in [1.82, 2.24) is 14.8 Å². The van der Waals surface area contributed by atoms with Gasteiger partial charge in [0.2, 0.25) is 0 Å². The van der Waals surface area contributed by atoms with Gasteiger partial charge in [-0.25, -0.2) is 9.89 Å². The van der Waals surface area contributed by atoms with Crippen LogP contribution in [0.4, 0.5) is 0 Å².